The SMILES string of the molecule is CCC(C(=O)Nc1ccc(CC#N)cc1)N(c1cc(C)cc(C)c1)S(C)(=O)=O. The van der Waals surface area contributed by atoms with Crippen molar-refractivity contribution in [2.24, 2.45) is 0 Å². The van der Waals surface area contributed by atoms with Gasteiger partial charge in [0, 0.05) is 5.69 Å². The second-order valence-electron chi connectivity index (χ2n) is 6.85. The van der Waals surface area contributed by atoms with Crippen LogP contribution in [0.3, 0.4) is 0 Å². The summed E-state index contributed by atoms with van der Waals surface area (Å²) in [5, 5.41) is 11.5. The molecule has 1 atom stereocenters. The Hall–Kier alpha value is -2.85. The van der Waals surface area contributed by atoms with Gasteiger partial charge >= 0.3 is 0 Å². The van der Waals surface area contributed by atoms with Gasteiger partial charge in [-0.1, -0.05) is 25.1 Å². The van der Waals surface area contributed by atoms with Crippen LogP contribution in [0.25, 0.3) is 0 Å². The van der Waals surface area contributed by atoms with E-state index in [1.165, 1.54) is 4.31 Å². The summed E-state index contributed by atoms with van der Waals surface area (Å²) in [5.41, 5.74) is 3.73. The molecule has 0 aliphatic heterocycles. The first-order chi connectivity index (χ1) is 13.2. The molecule has 0 bridgehead atoms. The van der Waals surface area contributed by atoms with E-state index in [1.807, 2.05) is 19.9 Å². The van der Waals surface area contributed by atoms with Crippen molar-refractivity contribution >= 4 is 27.3 Å². The Morgan fingerprint density at radius 3 is 2.18 bits per heavy atom. The summed E-state index contributed by atoms with van der Waals surface area (Å²) >= 11 is 0. The number of nitrogens with one attached hydrogen (secondary N) is 1. The number of nitriles is 1. The Balaban J connectivity index is 2.35. The molecular formula is C21H25N3O3S. The molecule has 0 saturated heterocycles. The highest BCUT2D eigenvalue weighted by molar-refractivity contribution is 7.92. The first-order valence-electron chi connectivity index (χ1n) is 9.00. The standard InChI is InChI=1S/C21H25N3O3S/c1-5-20(21(25)23-18-8-6-17(7-9-18)10-11-22)24(28(4,26)27)19-13-15(2)12-16(3)14-19/h6-9,12-14,20H,5,10H2,1-4H3,(H,23,25). The summed E-state index contributed by atoms with van der Waals surface area (Å²) in [7, 11) is -3.68. The maximum absolute atomic E-state index is 12.9. The molecule has 0 saturated carbocycles. The molecule has 0 aliphatic carbocycles. The van der Waals surface area contributed by atoms with Crippen molar-refractivity contribution in [1.82, 2.24) is 0 Å². The molecule has 0 aliphatic rings. The van der Waals surface area contributed by atoms with Crippen LogP contribution in [0.2, 0.25) is 0 Å². The predicted octanol–water partition coefficient (Wildman–Crippen LogP) is 3.55. The van der Waals surface area contributed by atoms with Gasteiger partial charge in [-0.2, -0.15) is 5.26 Å². The quantitative estimate of drug-likeness (QED) is 0.771. The minimum atomic E-state index is -3.68. The molecule has 0 heterocycles. The Labute approximate surface area is 166 Å². The maximum atomic E-state index is 12.9. The van der Waals surface area contributed by atoms with E-state index in [0.29, 0.717) is 24.2 Å². The zero-order valence-electron chi connectivity index (χ0n) is 16.6. The number of hydrogen-bond donors (Lipinski definition) is 1. The molecule has 1 unspecified atom stereocenters. The molecule has 0 aromatic heterocycles. The van der Waals surface area contributed by atoms with Crippen LogP contribution in [0.1, 0.15) is 30.0 Å². The number of sulfonamides is 1. The topological polar surface area (TPSA) is 90.3 Å². The van der Waals surface area contributed by atoms with E-state index in [4.69, 9.17) is 5.26 Å². The second kappa shape index (κ2) is 8.89. The summed E-state index contributed by atoms with van der Waals surface area (Å²) in [6.07, 6.45) is 1.72. The number of hydrogen-bond acceptors (Lipinski definition) is 4. The van der Waals surface area contributed by atoms with Gasteiger partial charge in [-0.05, 0) is 61.2 Å². The van der Waals surface area contributed by atoms with Crippen molar-refractivity contribution in [3.05, 3.63) is 59.2 Å². The lowest BCUT2D eigenvalue weighted by Gasteiger charge is -2.30. The average molecular weight is 400 g/mol. The summed E-state index contributed by atoms with van der Waals surface area (Å²) < 4.78 is 26.3. The van der Waals surface area contributed by atoms with E-state index in [1.54, 1.807) is 43.3 Å². The number of benzene rings is 2. The van der Waals surface area contributed by atoms with Crippen LogP contribution in [0.4, 0.5) is 11.4 Å². The summed E-state index contributed by atoms with van der Waals surface area (Å²) in [4.78, 5) is 12.9. The van der Waals surface area contributed by atoms with Gasteiger partial charge in [-0.15, -0.1) is 0 Å². The van der Waals surface area contributed by atoms with Crippen LogP contribution >= 0.6 is 0 Å². The third kappa shape index (κ3) is 5.33. The highest BCUT2D eigenvalue weighted by atomic mass is 32.2. The van der Waals surface area contributed by atoms with Gasteiger partial charge in [0.05, 0.1) is 24.4 Å². The minimum Gasteiger partial charge on any atom is -0.324 e. The van der Waals surface area contributed by atoms with Gasteiger partial charge in [0.1, 0.15) is 6.04 Å². The zero-order chi connectivity index (χ0) is 20.9. The highest BCUT2D eigenvalue weighted by Gasteiger charge is 2.31. The molecule has 2 aromatic carbocycles. The van der Waals surface area contributed by atoms with Crippen molar-refractivity contribution in [3.63, 3.8) is 0 Å². The monoisotopic (exact) mass is 399 g/mol. The van der Waals surface area contributed by atoms with Crippen molar-refractivity contribution in [2.75, 3.05) is 15.9 Å². The van der Waals surface area contributed by atoms with Gasteiger partial charge in [0.15, 0.2) is 0 Å². The van der Waals surface area contributed by atoms with Crippen LogP contribution in [-0.2, 0) is 21.2 Å². The van der Waals surface area contributed by atoms with Crippen LogP contribution in [-0.4, -0.2) is 26.6 Å². The van der Waals surface area contributed by atoms with Gasteiger partial charge in [0.25, 0.3) is 0 Å². The van der Waals surface area contributed by atoms with Gasteiger partial charge in [0.2, 0.25) is 15.9 Å². The fraction of sp³-hybridized carbons (Fsp3) is 0.333. The lowest BCUT2D eigenvalue weighted by Crippen LogP contribution is -2.47. The lowest BCUT2D eigenvalue weighted by atomic mass is 10.1. The smallest absolute Gasteiger partial charge is 0.248 e. The second-order valence-corrected chi connectivity index (χ2v) is 8.71. The molecule has 0 fully saturated rings. The molecule has 2 rings (SSSR count). The number of carbonyl (C=O) groups excluding carboxylic acids is 1. The van der Waals surface area contributed by atoms with Crippen LogP contribution in [0.15, 0.2) is 42.5 Å². The van der Waals surface area contributed by atoms with E-state index in [2.05, 4.69) is 11.4 Å². The largest absolute Gasteiger partial charge is 0.324 e. The van der Waals surface area contributed by atoms with Crippen LogP contribution in [0, 0.1) is 25.2 Å². The molecule has 7 heteroatoms. The van der Waals surface area contributed by atoms with Crippen molar-refractivity contribution in [3.8, 4) is 6.07 Å². The first kappa shape index (κ1) is 21.5. The number of anilines is 2. The number of carbonyl (C=O) groups is 1. The highest BCUT2D eigenvalue weighted by Crippen LogP contribution is 2.26. The van der Waals surface area contributed by atoms with E-state index >= 15 is 0 Å². The number of nitrogens with zero attached hydrogens (tertiary/aromatic N) is 2. The van der Waals surface area contributed by atoms with Crippen molar-refractivity contribution in [2.45, 2.75) is 39.7 Å². The molecule has 0 radical (unpaired) electrons. The van der Waals surface area contributed by atoms with Crippen molar-refractivity contribution in [1.29, 1.82) is 5.26 Å². The third-order valence-electron chi connectivity index (χ3n) is 4.30. The number of aryl methyl sites for hydroxylation is 2. The molecule has 1 N–H and O–H groups in total. The fourth-order valence-electron chi connectivity index (χ4n) is 3.16. The van der Waals surface area contributed by atoms with Crippen LogP contribution in [0.5, 0.6) is 0 Å². The van der Waals surface area contributed by atoms with Gasteiger partial charge < -0.3 is 5.32 Å². The van der Waals surface area contributed by atoms with Crippen LogP contribution < -0.4 is 9.62 Å². The maximum Gasteiger partial charge on any atom is 0.248 e. The minimum absolute atomic E-state index is 0.292. The summed E-state index contributed by atoms with van der Waals surface area (Å²) in [5.74, 6) is -0.403. The molecule has 6 nitrogen and oxygen atoms in total. The molecule has 148 valence electrons. The Bertz CT molecular complexity index is 972. The van der Waals surface area contributed by atoms with E-state index in [9.17, 15) is 13.2 Å². The number of amides is 1. The molecular weight excluding hydrogens is 374 g/mol. The van der Waals surface area contributed by atoms with E-state index in [-0.39, 0.29) is 0 Å². The Morgan fingerprint density at radius 1 is 1.14 bits per heavy atom. The average Bonchev–Trinajstić information content (AvgIpc) is 2.59. The van der Waals surface area contributed by atoms with Gasteiger partial charge in [-0.25, -0.2) is 8.42 Å². The number of rotatable bonds is 7. The van der Waals surface area contributed by atoms with Gasteiger partial charge in [-0.3, -0.25) is 9.10 Å². The molecule has 2 aromatic rings. The zero-order valence-corrected chi connectivity index (χ0v) is 17.4. The molecule has 0 spiro atoms. The lowest BCUT2D eigenvalue weighted by molar-refractivity contribution is -0.117. The predicted molar refractivity (Wildman–Crippen MR) is 112 cm³/mol. The Kier molecular flexibility index (Phi) is 6.81. The third-order valence-corrected chi connectivity index (χ3v) is 5.48. The molecule has 1 amide bonds. The summed E-state index contributed by atoms with van der Waals surface area (Å²) in [6, 6.07) is 13.6. The first-order valence-corrected chi connectivity index (χ1v) is 10.8. The normalized spacial score (nSPS) is 12.1. The molecule has 28 heavy (non-hydrogen) atoms. The van der Waals surface area contributed by atoms with E-state index < -0.39 is 22.0 Å². The Morgan fingerprint density at radius 2 is 1.71 bits per heavy atom. The van der Waals surface area contributed by atoms with E-state index in [0.717, 1.165) is 22.9 Å². The van der Waals surface area contributed by atoms with Crippen molar-refractivity contribution < 1.29 is 13.2 Å². The fourth-order valence-corrected chi connectivity index (χ4v) is 4.36. The summed E-state index contributed by atoms with van der Waals surface area (Å²) in [6.45, 7) is 5.56.